The molecule has 1 atom stereocenters. The monoisotopic (exact) mass is 416 g/mol. The van der Waals surface area contributed by atoms with E-state index < -0.39 is 0 Å². The van der Waals surface area contributed by atoms with Crippen molar-refractivity contribution in [3.8, 4) is 0 Å². The summed E-state index contributed by atoms with van der Waals surface area (Å²) < 4.78 is 6.95. The molecule has 1 aliphatic rings. The lowest BCUT2D eigenvalue weighted by atomic mass is 10.1. The van der Waals surface area contributed by atoms with Crippen molar-refractivity contribution in [2.45, 2.75) is 39.2 Å². The van der Waals surface area contributed by atoms with E-state index in [0.29, 0.717) is 16.4 Å². The second kappa shape index (κ2) is 8.27. The van der Waals surface area contributed by atoms with Crippen LogP contribution >= 0.6 is 22.9 Å². The number of hydrogen-bond donors (Lipinski definition) is 1. The summed E-state index contributed by atoms with van der Waals surface area (Å²) in [7, 11) is 0. The minimum absolute atomic E-state index is 0.0494. The third-order valence-corrected chi connectivity index (χ3v) is 7.02. The maximum absolute atomic E-state index is 12.9. The Hall–Kier alpha value is -1.82. The van der Waals surface area contributed by atoms with E-state index in [4.69, 9.17) is 16.0 Å². The molecule has 6 heteroatoms. The van der Waals surface area contributed by atoms with Gasteiger partial charge in [0.25, 0.3) is 5.91 Å². The maximum Gasteiger partial charge on any atom is 0.263 e. The smallest absolute Gasteiger partial charge is 0.263 e. The summed E-state index contributed by atoms with van der Waals surface area (Å²) in [6, 6.07) is 10.1. The molecule has 1 N–H and O–H groups in total. The highest BCUT2D eigenvalue weighted by Gasteiger charge is 2.26. The molecule has 0 aliphatic carbocycles. The number of piperidine rings is 1. The zero-order chi connectivity index (χ0) is 19.7. The Morgan fingerprint density at radius 2 is 2.00 bits per heavy atom. The van der Waals surface area contributed by atoms with E-state index in [9.17, 15) is 4.79 Å². The lowest BCUT2D eigenvalue weighted by molar-refractivity contribution is 0.0918. The number of nitrogens with one attached hydrogen (secondary N) is 1. The zero-order valence-electron chi connectivity index (χ0n) is 16.3. The summed E-state index contributed by atoms with van der Waals surface area (Å²) >= 11 is 7.96. The average molecular weight is 417 g/mol. The Morgan fingerprint density at radius 3 is 2.71 bits per heavy atom. The highest BCUT2D eigenvalue weighted by atomic mass is 35.5. The van der Waals surface area contributed by atoms with Gasteiger partial charge >= 0.3 is 0 Å². The first-order valence-corrected chi connectivity index (χ1v) is 11.0. The van der Waals surface area contributed by atoms with Gasteiger partial charge in [0.05, 0.1) is 11.1 Å². The Kier molecular flexibility index (Phi) is 5.76. The largest absolute Gasteiger partial charge is 0.465 e. The number of fused-ring (bicyclic) bond motifs is 1. The number of benzene rings is 1. The third kappa shape index (κ3) is 3.97. The summed E-state index contributed by atoms with van der Waals surface area (Å²) in [5.41, 5.74) is 1.16. The summed E-state index contributed by atoms with van der Waals surface area (Å²) in [6.45, 7) is 6.57. The first-order valence-electron chi connectivity index (χ1n) is 9.80. The fourth-order valence-corrected chi connectivity index (χ4v) is 5.39. The van der Waals surface area contributed by atoms with Crippen LogP contribution in [0.1, 0.15) is 52.1 Å². The van der Waals surface area contributed by atoms with E-state index in [1.165, 1.54) is 30.6 Å². The van der Waals surface area contributed by atoms with Crippen molar-refractivity contribution >= 4 is 38.9 Å². The SMILES string of the molecule is Cc1ccc2c(Cl)c(C(=O)NCC(c3ccc(C)o3)N3CCCCC3)sc2c1. The van der Waals surface area contributed by atoms with E-state index in [2.05, 4.69) is 16.3 Å². The molecule has 0 bridgehead atoms. The molecule has 0 spiro atoms. The predicted molar refractivity (Wildman–Crippen MR) is 116 cm³/mol. The molecule has 1 aromatic carbocycles. The lowest BCUT2D eigenvalue weighted by Crippen LogP contribution is -2.40. The molecule has 1 saturated heterocycles. The number of hydrogen-bond acceptors (Lipinski definition) is 4. The molecular weight excluding hydrogens is 392 g/mol. The Morgan fingerprint density at radius 1 is 1.21 bits per heavy atom. The topological polar surface area (TPSA) is 45.5 Å². The average Bonchev–Trinajstić information content (AvgIpc) is 3.26. The van der Waals surface area contributed by atoms with Crippen LogP contribution in [0.15, 0.2) is 34.7 Å². The van der Waals surface area contributed by atoms with Crippen LogP contribution in [0.2, 0.25) is 5.02 Å². The Balaban J connectivity index is 1.53. The van der Waals surface area contributed by atoms with Crippen LogP contribution in [0.5, 0.6) is 0 Å². The number of thiophene rings is 1. The van der Waals surface area contributed by atoms with E-state index in [0.717, 1.165) is 40.3 Å². The molecular formula is C22H25ClN2O2S. The van der Waals surface area contributed by atoms with Gasteiger partial charge in [-0.1, -0.05) is 30.2 Å². The van der Waals surface area contributed by atoms with Crippen molar-refractivity contribution in [1.29, 1.82) is 0 Å². The molecule has 0 saturated carbocycles. The normalized spacial score (nSPS) is 16.4. The number of amides is 1. The number of carbonyl (C=O) groups excluding carboxylic acids is 1. The molecule has 3 aromatic rings. The highest BCUT2D eigenvalue weighted by molar-refractivity contribution is 7.21. The summed E-state index contributed by atoms with van der Waals surface area (Å²) in [6.07, 6.45) is 3.64. The quantitative estimate of drug-likeness (QED) is 0.578. The molecule has 1 amide bonds. The van der Waals surface area contributed by atoms with Crippen molar-refractivity contribution in [3.05, 3.63) is 57.3 Å². The van der Waals surface area contributed by atoms with Crippen LogP contribution in [-0.4, -0.2) is 30.4 Å². The van der Waals surface area contributed by atoms with Gasteiger partial charge in [0.2, 0.25) is 0 Å². The zero-order valence-corrected chi connectivity index (χ0v) is 17.8. The number of aryl methyl sites for hydroxylation is 2. The van der Waals surface area contributed by atoms with Crippen molar-refractivity contribution in [2.75, 3.05) is 19.6 Å². The Labute approximate surface area is 174 Å². The fraction of sp³-hybridized carbons (Fsp3) is 0.409. The lowest BCUT2D eigenvalue weighted by Gasteiger charge is -2.33. The van der Waals surface area contributed by atoms with Gasteiger partial charge in [-0.15, -0.1) is 11.3 Å². The minimum atomic E-state index is -0.117. The first-order chi connectivity index (χ1) is 13.5. The Bertz CT molecular complexity index is 988. The van der Waals surface area contributed by atoms with Crippen molar-refractivity contribution < 1.29 is 9.21 Å². The molecule has 1 unspecified atom stereocenters. The van der Waals surface area contributed by atoms with Crippen molar-refractivity contribution in [2.24, 2.45) is 0 Å². The molecule has 0 radical (unpaired) electrons. The molecule has 28 heavy (non-hydrogen) atoms. The van der Waals surface area contributed by atoms with Crippen LogP contribution < -0.4 is 5.32 Å². The van der Waals surface area contributed by atoms with Crippen LogP contribution in [-0.2, 0) is 0 Å². The van der Waals surface area contributed by atoms with E-state index >= 15 is 0 Å². The van der Waals surface area contributed by atoms with Crippen LogP contribution in [0, 0.1) is 13.8 Å². The highest BCUT2D eigenvalue weighted by Crippen LogP contribution is 2.36. The summed E-state index contributed by atoms with van der Waals surface area (Å²) in [5, 5.41) is 4.59. The standard InChI is InChI=1S/C22H25ClN2O2S/c1-14-6-8-16-19(12-14)28-21(20(16)23)22(26)24-13-17(18-9-7-15(2)27-18)25-10-4-3-5-11-25/h6-9,12,17H,3-5,10-11,13H2,1-2H3,(H,24,26). The van der Waals surface area contributed by atoms with Gasteiger partial charge in [-0.3, -0.25) is 9.69 Å². The molecule has 4 nitrogen and oxygen atoms in total. The molecule has 1 fully saturated rings. The predicted octanol–water partition coefficient (Wildman–Crippen LogP) is 5.72. The first kappa shape index (κ1) is 19.5. The minimum Gasteiger partial charge on any atom is -0.465 e. The van der Waals surface area contributed by atoms with Crippen LogP contribution in [0.3, 0.4) is 0 Å². The molecule has 3 heterocycles. The number of likely N-dealkylation sites (tertiary alicyclic amines) is 1. The molecule has 2 aromatic heterocycles. The fourth-order valence-electron chi connectivity index (χ4n) is 3.86. The van der Waals surface area contributed by atoms with Gasteiger partial charge < -0.3 is 9.73 Å². The van der Waals surface area contributed by atoms with Crippen LogP contribution in [0.25, 0.3) is 10.1 Å². The maximum atomic E-state index is 12.9. The second-order valence-electron chi connectivity index (χ2n) is 7.52. The summed E-state index contributed by atoms with van der Waals surface area (Å²) in [5.74, 6) is 1.69. The van der Waals surface area contributed by atoms with E-state index in [-0.39, 0.29) is 11.9 Å². The van der Waals surface area contributed by atoms with Gasteiger partial charge in [0.15, 0.2) is 0 Å². The van der Waals surface area contributed by atoms with Crippen molar-refractivity contribution in [3.63, 3.8) is 0 Å². The summed E-state index contributed by atoms with van der Waals surface area (Å²) in [4.78, 5) is 15.9. The van der Waals surface area contributed by atoms with Gasteiger partial charge in [-0.2, -0.15) is 0 Å². The van der Waals surface area contributed by atoms with Gasteiger partial charge in [0, 0.05) is 16.6 Å². The van der Waals surface area contributed by atoms with E-state index in [1.54, 1.807) is 0 Å². The van der Waals surface area contributed by atoms with E-state index in [1.807, 2.05) is 38.1 Å². The molecule has 1 aliphatic heterocycles. The number of nitrogens with zero attached hydrogens (tertiary/aromatic N) is 1. The van der Waals surface area contributed by atoms with Gasteiger partial charge in [-0.05, 0) is 63.5 Å². The third-order valence-electron chi connectivity index (χ3n) is 5.37. The number of rotatable bonds is 5. The van der Waals surface area contributed by atoms with Crippen LogP contribution in [0.4, 0.5) is 0 Å². The number of halogens is 1. The molecule has 148 valence electrons. The van der Waals surface area contributed by atoms with Gasteiger partial charge in [0.1, 0.15) is 16.4 Å². The van der Waals surface area contributed by atoms with Gasteiger partial charge in [-0.25, -0.2) is 0 Å². The second-order valence-corrected chi connectivity index (χ2v) is 8.95. The number of furan rings is 1. The number of carbonyl (C=O) groups is 1. The molecule has 4 rings (SSSR count). The van der Waals surface area contributed by atoms with Crippen molar-refractivity contribution in [1.82, 2.24) is 10.2 Å².